The lowest BCUT2D eigenvalue weighted by Crippen LogP contribution is -2.17. The smallest absolute Gasteiger partial charge is 0.128 e. The number of halogens is 1. The summed E-state index contributed by atoms with van der Waals surface area (Å²) in [7, 11) is 1.94. The summed E-state index contributed by atoms with van der Waals surface area (Å²) in [5, 5.41) is 9.44. The van der Waals surface area contributed by atoms with Gasteiger partial charge in [0.25, 0.3) is 0 Å². The van der Waals surface area contributed by atoms with Gasteiger partial charge in [0.2, 0.25) is 0 Å². The minimum absolute atomic E-state index is 0.121. The molecule has 72 valence electrons. The van der Waals surface area contributed by atoms with Crippen LogP contribution in [0.4, 0.5) is 5.82 Å². The van der Waals surface area contributed by atoms with Gasteiger partial charge in [-0.05, 0) is 19.1 Å². The Morgan fingerprint density at radius 1 is 1.54 bits per heavy atom. The number of nitrogens with zero attached hydrogens (tertiary/aromatic N) is 2. The lowest BCUT2D eigenvalue weighted by molar-refractivity contribution is 0.277. The van der Waals surface area contributed by atoms with Crippen LogP contribution in [0.1, 0.15) is 12.6 Å². The second-order valence-corrected chi connectivity index (χ2v) is 3.18. The van der Waals surface area contributed by atoms with Gasteiger partial charge in [0.05, 0.1) is 17.3 Å². The second-order valence-electron chi connectivity index (χ2n) is 2.77. The number of aliphatic hydroxyl groups is 1. The molecule has 0 radical (unpaired) electrons. The van der Waals surface area contributed by atoms with Crippen LogP contribution in [0.25, 0.3) is 0 Å². The van der Waals surface area contributed by atoms with E-state index >= 15 is 0 Å². The van der Waals surface area contributed by atoms with Gasteiger partial charge >= 0.3 is 0 Å². The Morgan fingerprint density at radius 3 is 2.77 bits per heavy atom. The van der Waals surface area contributed by atoms with E-state index in [0.29, 0.717) is 10.7 Å². The SMILES string of the molecule is CCN(C)c1ccc(Cl)c(CO)n1. The molecule has 0 fully saturated rings. The van der Waals surface area contributed by atoms with E-state index in [-0.39, 0.29) is 6.61 Å². The number of hydrogen-bond donors (Lipinski definition) is 1. The highest BCUT2D eigenvalue weighted by atomic mass is 35.5. The van der Waals surface area contributed by atoms with Crippen LogP contribution in [0.2, 0.25) is 5.02 Å². The molecule has 0 aromatic carbocycles. The maximum absolute atomic E-state index is 8.93. The molecule has 1 aromatic rings. The van der Waals surface area contributed by atoms with Gasteiger partial charge in [0.1, 0.15) is 5.82 Å². The van der Waals surface area contributed by atoms with Gasteiger partial charge < -0.3 is 10.0 Å². The summed E-state index contributed by atoms with van der Waals surface area (Å²) in [6.07, 6.45) is 0. The fraction of sp³-hybridized carbons (Fsp3) is 0.444. The third-order valence-electron chi connectivity index (χ3n) is 1.92. The molecule has 1 aromatic heterocycles. The van der Waals surface area contributed by atoms with E-state index in [9.17, 15) is 0 Å². The Kier molecular flexibility index (Phi) is 3.51. The minimum atomic E-state index is -0.121. The lowest BCUT2D eigenvalue weighted by atomic mass is 10.3. The van der Waals surface area contributed by atoms with Crippen molar-refractivity contribution in [1.82, 2.24) is 4.98 Å². The third-order valence-corrected chi connectivity index (χ3v) is 2.26. The molecule has 0 spiro atoms. The molecule has 0 aliphatic rings. The topological polar surface area (TPSA) is 36.4 Å². The molecule has 0 saturated heterocycles. The molecule has 0 aliphatic carbocycles. The summed E-state index contributed by atoms with van der Waals surface area (Å²) >= 11 is 5.80. The highest BCUT2D eigenvalue weighted by Crippen LogP contribution is 2.18. The number of anilines is 1. The van der Waals surface area contributed by atoms with Crippen LogP contribution >= 0.6 is 11.6 Å². The molecular weight excluding hydrogens is 188 g/mol. The molecule has 1 heterocycles. The number of aromatic nitrogens is 1. The van der Waals surface area contributed by atoms with E-state index in [4.69, 9.17) is 16.7 Å². The van der Waals surface area contributed by atoms with Gasteiger partial charge in [-0.15, -0.1) is 0 Å². The first-order valence-corrected chi connectivity index (χ1v) is 4.54. The average molecular weight is 201 g/mol. The van der Waals surface area contributed by atoms with Crippen LogP contribution in [0, 0.1) is 0 Å². The van der Waals surface area contributed by atoms with E-state index in [1.54, 1.807) is 6.07 Å². The minimum Gasteiger partial charge on any atom is -0.390 e. The Bertz CT molecular complexity index is 291. The molecule has 1 N–H and O–H groups in total. The number of pyridine rings is 1. The summed E-state index contributed by atoms with van der Waals surface area (Å²) in [6.45, 7) is 2.79. The molecule has 0 unspecified atom stereocenters. The molecule has 0 amide bonds. The number of rotatable bonds is 3. The first kappa shape index (κ1) is 10.3. The third kappa shape index (κ3) is 2.32. The summed E-state index contributed by atoms with van der Waals surface area (Å²) < 4.78 is 0. The zero-order chi connectivity index (χ0) is 9.84. The molecule has 0 aliphatic heterocycles. The second kappa shape index (κ2) is 4.44. The number of aliphatic hydroxyl groups excluding tert-OH is 1. The monoisotopic (exact) mass is 200 g/mol. The highest BCUT2D eigenvalue weighted by Gasteiger charge is 2.04. The van der Waals surface area contributed by atoms with Crippen LogP contribution < -0.4 is 4.90 Å². The molecule has 4 heteroatoms. The maximum Gasteiger partial charge on any atom is 0.128 e. The Morgan fingerprint density at radius 2 is 2.23 bits per heavy atom. The number of hydrogen-bond acceptors (Lipinski definition) is 3. The van der Waals surface area contributed by atoms with Crippen molar-refractivity contribution in [2.45, 2.75) is 13.5 Å². The van der Waals surface area contributed by atoms with Crippen molar-refractivity contribution in [2.75, 3.05) is 18.5 Å². The standard InChI is InChI=1S/C9H13ClN2O/c1-3-12(2)9-5-4-7(10)8(6-13)11-9/h4-5,13H,3,6H2,1-2H3. The average Bonchev–Trinajstić information content (AvgIpc) is 2.17. The van der Waals surface area contributed by atoms with Gasteiger partial charge in [-0.1, -0.05) is 11.6 Å². The molecule has 1 rings (SSSR count). The van der Waals surface area contributed by atoms with Crippen LogP contribution in [0.3, 0.4) is 0 Å². The summed E-state index contributed by atoms with van der Waals surface area (Å²) in [6, 6.07) is 3.59. The predicted octanol–water partition coefficient (Wildman–Crippen LogP) is 1.68. The van der Waals surface area contributed by atoms with Crippen molar-refractivity contribution in [3.8, 4) is 0 Å². The summed E-state index contributed by atoms with van der Waals surface area (Å²) in [5.41, 5.74) is 0.527. The first-order chi connectivity index (χ1) is 6.19. The van der Waals surface area contributed by atoms with Crippen LogP contribution in [-0.4, -0.2) is 23.7 Å². The van der Waals surface area contributed by atoms with Crippen LogP contribution in [0.15, 0.2) is 12.1 Å². The van der Waals surface area contributed by atoms with Crippen molar-refractivity contribution < 1.29 is 5.11 Å². The Hall–Kier alpha value is -0.800. The van der Waals surface area contributed by atoms with Crippen LogP contribution in [0.5, 0.6) is 0 Å². The summed E-state index contributed by atoms with van der Waals surface area (Å²) in [5.74, 6) is 0.830. The lowest BCUT2D eigenvalue weighted by Gasteiger charge is -2.16. The molecule has 0 bridgehead atoms. The van der Waals surface area contributed by atoms with Crippen LogP contribution in [-0.2, 0) is 6.61 Å². The van der Waals surface area contributed by atoms with E-state index in [0.717, 1.165) is 12.4 Å². The maximum atomic E-state index is 8.93. The zero-order valence-electron chi connectivity index (χ0n) is 7.79. The van der Waals surface area contributed by atoms with Crippen molar-refractivity contribution >= 4 is 17.4 Å². The predicted molar refractivity (Wildman–Crippen MR) is 54.1 cm³/mol. The first-order valence-electron chi connectivity index (χ1n) is 4.16. The van der Waals surface area contributed by atoms with Gasteiger partial charge in [-0.25, -0.2) is 4.98 Å². The highest BCUT2D eigenvalue weighted by molar-refractivity contribution is 6.31. The molecule has 0 atom stereocenters. The van der Waals surface area contributed by atoms with Crippen molar-refractivity contribution in [3.63, 3.8) is 0 Å². The van der Waals surface area contributed by atoms with E-state index in [2.05, 4.69) is 4.98 Å². The van der Waals surface area contributed by atoms with Gasteiger partial charge in [-0.3, -0.25) is 0 Å². The van der Waals surface area contributed by atoms with Gasteiger partial charge in [-0.2, -0.15) is 0 Å². The van der Waals surface area contributed by atoms with E-state index < -0.39 is 0 Å². The molecule has 3 nitrogen and oxygen atoms in total. The molecule has 0 saturated carbocycles. The van der Waals surface area contributed by atoms with E-state index in [1.165, 1.54) is 0 Å². The Labute approximate surface area is 83.0 Å². The largest absolute Gasteiger partial charge is 0.390 e. The normalized spacial score (nSPS) is 10.2. The van der Waals surface area contributed by atoms with E-state index in [1.807, 2.05) is 24.9 Å². The van der Waals surface area contributed by atoms with Gasteiger partial charge in [0, 0.05) is 13.6 Å². The van der Waals surface area contributed by atoms with Gasteiger partial charge in [0.15, 0.2) is 0 Å². The quantitative estimate of drug-likeness (QED) is 0.807. The molecular formula is C9H13ClN2O. The van der Waals surface area contributed by atoms with Crippen molar-refractivity contribution in [3.05, 3.63) is 22.8 Å². The van der Waals surface area contributed by atoms with Crippen molar-refractivity contribution in [2.24, 2.45) is 0 Å². The fourth-order valence-electron chi connectivity index (χ4n) is 0.958. The fourth-order valence-corrected chi connectivity index (χ4v) is 1.12. The van der Waals surface area contributed by atoms with Crippen molar-refractivity contribution in [1.29, 1.82) is 0 Å². The zero-order valence-corrected chi connectivity index (χ0v) is 8.54. The summed E-state index contributed by atoms with van der Waals surface area (Å²) in [4.78, 5) is 6.19. The Balaban J connectivity index is 2.99. The molecule has 13 heavy (non-hydrogen) atoms.